The second-order valence-corrected chi connectivity index (χ2v) is 5.82. The summed E-state index contributed by atoms with van der Waals surface area (Å²) in [4.78, 5) is 0. The average Bonchev–Trinajstić information content (AvgIpc) is 2.61. The molecule has 2 N–H and O–H groups in total. The van der Waals surface area contributed by atoms with Crippen molar-refractivity contribution in [1.29, 1.82) is 0 Å². The summed E-state index contributed by atoms with van der Waals surface area (Å²) >= 11 is 6.26. The summed E-state index contributed by atoms with van der Waals surface area (Å²) in [6, 6.07) is 13.7. The maximum atomic E-state index is 13.3. The van der Waals surface area contributed by atoms with Crippen molar-refractivity contribution in [2.45, 2.75) is 19.1 Å². The SMILES string of the molecule is C=CN(CC(OC(C)c1ccccc1Cl)c1ccc(F)cc1)/N=C\N. The molecule has 0 heterocycles. The van der Waals surface area contributed by atoms with Gasteiger partial charge >= 0.3 is 0 Å². The normalized spacial score (nSPS) is 13.6. The van der Waals surface area contributed by atoms with Crippen LogP contribution < -0.4 is 5.73 Å². The zero-order chi connectivity index (χ0) is 18.2. The molecule has 4 nitrogen and oxygen atoms in total. The summed E-state index contributed by atoms with van der Waals surface area (Å²) in [5, 5.41) is 6.21. The van der Waals surface area contributed by atoms with Crippen LogP contribution in [0.15, 0.2) is 66.4 Å². The van der Waals surface area contributed by atoms with Gasteiger partial charge in [0.25, 0.3) is 0 Å². The van der Waals surface area contributed by atoms with E-state index in [4.69, 9.17) is 22.1 Å². The molecule has 2 atom stereocenters. The Morgan fingerprint density at radius 1 is 1.28 bits per heavy atom. The minimum absolute atomic E-state index is 0.266. The van der Waals surface area contributed by atoms with Gasteiger partial charge in [-0.15, -0.1) is 0 Å². The Morgan fingerprint density at radius 2 is 1.96 bits per heavy atom. The molecule has 2 aromatic carbocycles. The minimum atomic E-state index is -0.381. The maximum Gasteiger partial charge on any atom is 0.123 e. The van der Waals surface area contributed by atoms with Crippen molar-refractivity contribution in [3.05, 3.63) is 83.3 Å². The molecule has 0 aliphatic heterocycles. The largest absolute Gasteiger partial charge is 0.388 e. The zero-order valence-corrected chi connectivity index (χ0v) is 14.7. The third-order valence-corrected chi connectivity index (χ3v) is 4.08. The first-order valence-corrected chi connectivity index (χ1v) is 8.21. The van der Waals surface area contributed by atoms with E-state index in [0.29, 0.717) is 11.6 Å². The Balaban J connectivity index is 2.25. The highest BCUT2D eigenvalue weighted by atomic mass is 35.5. The van der Waals surface area contributed by atoms with Crippen molar-refractivity contribution in [3.8, 4) is 0 Å². The Morgan fingerprint density at radius 3 is 2.56 bits per heavy atom. The van der Waals surface area contributed by atoms with Crippen molar-refractivity contribution in [3.63, 3.8) is 0 Å². The van der Waals surface area contributed by atoms with Gasteiger partial charge in [-0.25, -0.2) is 4.39 Å². The molecule has 0 radical (unpaired) electrons. The zero-order valence-electron chi connectivity index (χ0n) is 14.0. The quantitative estimate of drug-likeness (QED) is 0.423. The molecule has 6 heteroatoms. The second kappa shape index (κ2) is 9.20. The van der Waals surface area contributed by atoms with Crippen LogP contribution in [0, 0.1) is 5.82 Å². The summed E-state index contributed by atoms with van der Waals surface area (Å²) in [5.41, 5.74) is 7.06. The number of nitrogens with two attached hydrogens (primary N) is 1. The van der Waals surface area contributed by atoms with Crippen LogP contribution in [-0.4, -0.2) is 17.9 Å². The predicted octanol–water partition coefficient (Wildman–Crippen LogP) is 4.65. The molecule has 25 heavy (non-hydrogen) atoms. The number of halogens is 2. The molecule has 0 aliphatic carbocycles. The average molecular weight is 362 g/mol. The smallest absolute Gasteiger partial charge is 0.123 e. The van der Waals surface area contributed by atoms with Crippen LogP contribution in [0.4, 0.5) is 4.39 Å². The van der Waals surface area contributed by atoms with E-state index in [1.54, 1.807) is 23.3 Å². The Hall–Kier alpha value is -2.37. The Bertz CT molecular complexity index is 721. The predicted molar refractivity (Wildman–Crippen MR) is 99.7 cm³/mol. The molecule has 0 aromatic heterocycles. The van der Waals surface area contributed by atoms with Gasteiger partial charge in [0.2, 0.25) is 0 Å². The van der Waals surface area contributed by atoms with Gasteiger partial charge in [-0.05, 0) is 36.2 Å². The first-order chi connectivity index (χ1) is 12.0. The van der Waals surface area contributed by atoms with Crippen LogP contribution in [0.5, 0.6) is 0 Å². The fraction of sp³-hybridized carbons (Fsp3) is 0.211. The van der Waals surface area contributed by atoms with E-state index in [1.807, 2.05) is 31.2 Å². The van der Waals surface area contributed by atoms with E-state index in [1.165, 1.54) is 18.5 Å². The van der Waals surface area contributed by atoms with Gasteiger partial charge in [0.05, 0.1) is 12.6 Å². The van der Waals surface area contributed by atoms with Gasteiger partial charge in [0.15, 0.2) is 0 Å². The van der Waals surface area contributed by atoms with Crippen LogP contribution in [0.2, 0.25) is 5.02 Å². The first-order valence-electron chi connectivity index (χ1n) is 7.84. The van der Waals surface area contributed by atoms with Crippen molar-refractivity contribution in [2.75, 3.05) is 6.54 Å². The van der Waals surface area contributed by atoms with E-state index in [2.05, 4.69) is 11.7 Å². The first kappa shape index (κ1) is 19.0. The summed E-state index contributed by atoms with van der Waals surface area (Å²) in [5.74, 6) is -0.304. The fourth-order valence-electron chi connectivity index (χ4n) is 2.45. The summed E-state index contributed by atoms with van der Waals surface area (Å²) in [6.45, 7) is 6.00. The highest BCUT2D eigenvalue weighted by molar-refractivity contribution is 6.31. The molecule has 0 fully saturated rings. The molecule has 0 saturated heterocycles. The van der Waals surface area contributed by atoms with Gasteiger partial charge in [0.1, 0.15) is 18.3 Å². The molecule has 0 spiro atoms. The van der Waals surface area contributed by atoms with E-state index in [0.717, 1.165) is 11.1 Å². The van der Waals surface area contributed by atoms with Gasteiger partial charge < -0.3 is 10.5 Å². The van der Waals surface area contributed by atoms with Crippen LogP contribution in [0.25, 0.3) is 0 Å². The van der Waals surface area contributed by atoms with Gasteiger partial charge in [0, 0.05) is 11.2 Å². The fourth-order valence-corrected chi connectivity index (χ4v) is 2.74. The highest BCUT2D eigenvalue weighted by Crippen LogP contribution is 2.31. The van der Waals surface area contributed by atoms with Gasteiger partial charge in [-0.3, -0.25) is 5.01 Å². The summed E-state index contributed by atoms with van der Waals surface area (Å²) in [6.07, 6.45) is 2.08. The third-order valence-electron chi connectivity index (χ3n) is 3.73. The lowest BCUT2D eigenvalue weighted by Gasteiger charge is -2.27. The Labute approximate surface area is 152 Å². The molecule has 2 rings (SSSR count). The molecule has 2 unspecified atom stereocenters. The topological polar surface area (TPSA) is 50.8 Å². The number of hydrogen-bond acceptors (Lipinski definition) is 3. The molecular weight excluding hydrogens is 341 g/mol. The minimum Gasteiger partial charge on any atom is -0.388 e. The number of hydrazone groups is 1. The third kappa shape index (κ3) is 5.31. The lowest BCUT2D eigenvalue weighted by molar-refractivity contribution is -0.0173. The highest BCUT2D eigenvalue weighted by Gasteiger charge is 2.20. The van der Waals surface area contributed by atoms with Crippen LogP contribution >= 0.6 is 11.6 Å². The lowest BCUT2D eigenvalue weighted by atomic mass is 10.1. The number of benzene rings is 2. The molecule has 132 valence electrons. The van der Waals surface area contributed by atoms with Crippen LogP contribution in [0.3, 0.4) is 0 Å². The Kier molecular flexibility index (Phi) is 6.98. The molecule has 0 aliphatic rings. The van der Waals surface area contributed by atoms with E-state index >= 15 is 0 Å². The maximum absolute atomic E-state index is 13.3. The van der Waals surface area contributed by atoms with Crippen molar-refractivity contribution in [2.24, 2.45) is 10.8 Å². The molecule has 2 aromatic rings. The van der Waals surface area contributed by atoms with E-state index < -0.39 is 0 Å². The second-order valence-electron chi connectivity index (χ2n) is 5.41. The number of rotatable bonds is 8. The van der Waals surface area contributed by atoms with Crippen LogP contribution in [-0.2, 0) is 4.74 Å². The molecule has 0 amide bonds. The standard InChI is InChI=1S/C19H21ClFN3O/c1-3-24(23-13-22)12-19(15-8-10-16(21)11-9-15)25-14(2)17-6-4-5-7-18(17)20/h3-11,13-14,19H,1,12H2,2H3,(H2,22,23). The van der Waals surface area contributed by atoms with Gasteiger partial charge in [-0.2, -0.15) is 5.10 Å². The van der Waals surface area contributed by atoms with Crippen LogP contribution in [0.1, 0.15) is 30.3 Å². The summed E-state index contributed by atoms with van der Waals surface area (Å²) in [7, 11) is 0. The number of ether oxygens (including phenoxy) is 1. The monoisotopic (exact) mass is 361 g/mol. The number of nitrogens with zero attached hydrogens (tertiary/aromatic N) is 2. The van der Waals surface area contributed by atoms with Crippen molar-refractivity contribution < 1.29 is 9.13 Å². The molecule has 0 saturated carbocycles. The lowest BCUT2D eigenvalue weighted by Crippen LogP contribution is -2.23. The molecule has 0 bridgehead atoms. The van der Waals surface area contributed by atoms with Gasteiger partial charge in [-0.1, -0.05) is 48.5 Å². The van der Waals surface area contributed by atoms with E-state index in [9.17, 15) is 4.39 Å². The van der Waals surface area contributed by atoms with Crippen molar-refractivity contribution >= 4 is 17.9 Å². The van der Waals surface area contributed by atoms with Crippen molar-refractivity contribution in [1.82, 2.24) is 5.01 Å². The number of hydrogen-bond donors (Lipinski definition) is 1. The molecular formula is C19H21ClFN3O. The summed E-state index contributed by atoms with van der Waals surface area (Å²) < 4.78 is 19.5. The van der Waals surface area contributed by atoms with E-state index in [-0.39, 0.29) is 18.0 Å².